The average Bonchev–Trinajstić information content (AvgIpc) is 2.26. The van der Waals surface area contributed by atoms with Crippen molar-refractivity contribution in [2.45, 2.75) is 18.7 Å². The van der Waals surface area contributed by atoms with Gasteiger partial charge in [-0.3, -0.25) is 0 Å². The molecule has 0 radical (unpaired) electrons. The SMILES string of the molecule is Cc1ccc(S(=O)(=O)NCC(C)CN)cc1. The molecular formula is C11H18N2O2S. The van der Waals surface area contributed by atoms with Gasteiger partial charge in [-0.25, -0.2) is 13.1 Å². The van der Waals surface area contributed by atoms with E-state index in [1.807, 2.05) is 13.8 Å². The molecule has 0 aliphatic rings. The number of rotatable bonds is 5. The molecule has 1 atom stereocenters. The molecule has 0 aliphatic heterocycles. The standard InChI is InChI=1S/C11H18N2O2S/c1-9-3-5-11(6-4-9)16(14,15)13-8-10(2)7-12/h3-6,10,13H,7-8,12H2,1-2H3. The van der Waals surface area contributed by atoms with Gasteiger partial charge in [-0.05, 0) is 31.5 Å². The summed E-state index contributed by atoms with van der Waals surface area (Å²) in [5, 5.41) is 0. The molecule has 0 amide bonds. The van der Waals surface area contributed by atoms with Crippen LogP contribution in [0.15, 0.2) is 29.2 Å². The van der Waals surface area contributed by atoms with Gasteiger partial charge in [-0.15, -0.1) is 0 Å². The molecular weight excluding hydrogens is 224 g/mol. The lowest BCUT2D eigenvalue weighted by Crippen LogP contribution is -2.31. The molecule has 90 valence electrons. The first kappa shape index (κ1) is 13.2. The second-order valence-corrected chi connectivity index (χ2v) is 5.77. The highest BCUT2D eigenvalue weighted by Gasteiger charge is 2.13. The fourth-order valence-electron chi connectivity index (χ4n) is 1.14. The monoisotopic (exact) mass is 242 g/mol. The zero-order valence-corrected chi connectivity index (χ0v) is 10.4. The largest absolute Gasteiger partial charge is 0.330 e. The highest BCUT2D eigenvalue weighted by molar-refractivity contribution is 7.89. The Hall–Kier alpha value is -0.910. The maximum absolute atomic E-state index is 11.8. The molecule has 5 heteroatoms. The summed E-state index contributed by atoms with van der Waals surface area (Å²) in [6.45, 7) is 4.65. The van der Waals surface area contributed by atoms with Gasteiger partial charge in [0.2, 0.25) is 10.0 Å². The van der Waals surface area contributed by atoms with E-state index in [-0.39, 0.29) is 5.92 Å². The molecule has 4 nitrogen and oxygen atoms in total. The predicted molar refractivity (Wildman–Crippen MR) is 64.6 cm³/mol. The summed E-state index contributed by atoms with van der Waals surface area (Å²) in [4.78, 5) is 0.294. The number of aryl methyl sites for hydroxylation is 1. The van der Waals surface area contributed by atoms with Gasteiger partial charge >= 0.3 is 0 Å². The van der Waals surface area contributed by atoms with Crippen LogP contribution < -0.4 is 10.5 Å². The topological polar surface area (TPSA) is 72.2 Å². The number of sulfonamides is 1. The van der Waals surface area contributed by atoms with Crippen LogP contribution in [0.25, 0.3) is 0 Å². The van der Waals surface area contributed by atoms with E-state index in [4.69, 9.17) is 5.73 Å². The molecule has 1 aromatic rings. The third-order valence-electron chi connectivity index (χ3n) is 2.36. The molecule has 0 spiro atoms. The Bertz CT molecular complexity index is 426. The third kappa shape index (κ3) is 3.59. The lowest BCUT2D eigenvalue weighted by atomic mass is 10.2. The van der Waals surface area contributed by atoms with Gasteiger partial charge in [0, 0.05) is 6.54 Å². The van der Waals surface area contributed by atoms with Gasteiger partial charge in [0.1, 0.15) is 0 Å². The molecule has 0 aromatic heterocycles. The lowest BCUT2D eigenvalue weighted by molar-refractivity contribution is 0.545. The molecule has 0 saturated carbocycles. The van der Waals surface area contributed by atoms with Gasteiger partial charge in [0.15, 0.2) is 0 Å². The van der Waals surface area contributed by atoms with Crippen LogP contribution >= 0.6 is 0 Å². The van der Waals surface area contributed by atoms with E-state index in [1.54, 1.807) is 24.3 Å². The summed E-state index contributed by atoms with van der Waals surface area (Å²) in [6.07, 6.45) is 0. The second-order valence-electron chi connectivity index (χ2n) is 4.01. The molecule has 0 heterocycles. The van der Waals surface area contributed by atoms with E-state index < -0.39 is 10.0 Å². The van der Waals surface area contributed by atoms with Crippen molar-refractivity contribution in [3.63, 3.8) is 0 Å². The molecule has 1 rings (SSSR count). The summed E-state index contributed by atoms with van der Waals surface area (Å²) in [5.74, 6) is 0.139. The Labute approximate surface area is 96.9 Å². The number of benzene rings is 1. The Morgan fingerprint density at radius 3 is 2.38 bits per heavy atom. The first-order valence-corrected chi connectivity index (χ1v) is 6.70. The van der Waals surface area contributed by atoms with Gasteiger partial charge < -0.3 is 5.73 Å². The van der Waals surface area contributed by atoms with E-state index in [0.717, 1.165) is 5.56 Å². The van der Waals surface area contributed by atoms with Crippen molar-refractivity contribution < 1.29 is 8.42 Å². The van der Waals surface area contributed by atoms with Crippen LogP contribution in [0.5, 0.6) is 0 Å². The summed E-state index contributed by atoms with van der Waals surface area (Å²) >= 11 is 0. The van der Waals surface area contributed by atoms with Crippen LogP contribution in [0.1, 0.15) is 12.5 Å². The Morgan fingerprint density at radius 1 is 1.31 bits per heavy atom. The molecule has 0 fully saturated rings. The second kappa shape index (κ2) is 5.43. The van der Waals surface area contributed by atoms with E-state index >= 15 is 0 Å². The maximum atomic E-state index is 11.8. The van der Waals surface area contributed by atoms with Gasteiger partial charge in [-0.2, -0.15) is 0 Å². The number of nitrogens with two attached hydrogens (primary N) is 1. The van der Waals surface area contributed by atoms with Gasteiger partial charge in [-0.1, -0.05) is 24.6 Å². The third-order valence-corrected chi connectivity index (χ3v) is 3.79. The fourth-order valence-corrected chi connectivity index (χ4v) is 2.30. The van der Waals surface area contributed by atoms with E-state index in [1.165, 1.54) is 0 Å². The summed E-state index contributed by atoms with van der Waals surface area (Å²) < 4.78 is 26.2. The summed E-state index contributed by atoms with van der Waals surface area (Å²) in [7, 11) is -3.39. The van der Waals surface area contributed by atoms with Crippen molar-refractivity contribution >= 4 is 10.0 Å². The first-order chi connectivity index (χ1) is 7.45. The normalized spacial score (nSPS) is 13.7. The molecule has 0 aliphatic carbocycles. The van der Waals surface area contributed by atoms with Crippen molar-refractivity contribution in [2.24, 2.45) is 11.7 Å². The smallest absolute Gasteiger partial charge is 0.240 e. The zero-order chi connectivity index (χ0) is 12.2. The maximum Gasteiger partial charge on any atom is 0.240 e. The minimum absolute atomic E-state index is 0.139. The van der Waals surface area contributed by atoms with Crippen LogP contribution in [0.4, 0.5) is 0 Å². The number of hydrogen-bond acceptors (Lipinski definition) is 3. The summed E-state index contributed by atoms with van der Waals surface area (Å²) in [6, 6.07) is 6.76. The van der Waals surface area contributed by atoms with Crippen LogP contribution in [0, 0.1) is 12.8 Å². The molecule has 16 heavy (non-hydrogen) atoms. The van der Waals surface area contributed by atoms with Crippen LogP contribution in [-0.4, -0.2) is 21.5 Å². The number of hydrogen-bond donors (Lipinski definition) is 2. The Kier molecular flexibility index (Phi) is 4.46. The first-order valence-electron chi connectivity index (χ1n) is 5.22. The molecule has 0 saturated heterocycles. The Morgan fingerprint density at radius 2 is 1.88 bits per heavy atom. The van der Waals surface area contributed by atoms with Crippen LogP contribution in [0.3, 0.4) is 0 Å². The summed E-state index contributed by atoms with van der Waals surface area (Å²) in [5.41, 5.74) is 6.46. The van der Waals surface area contributed by atoms with Crippen molar-refractivity contribution in [3.8, 4) is 0 Å². The minimum Gasteiger partial charge on any atom is -0.330 e. The number of nitrogens with one attached hydrogen (secondary N) is 1. The van der Waals surface area contributed by atoms with Crippen molar-refractivity contribution in [3.05, 3.63) is 29.8 Å². The van der Waals surface area contributed by atoms with E-state index in [2.05, 4.69) is 4.72 Å². The Balaban J connectivity index is 2.74. The van der Waals surface area contributed by atoms with E-state index in [9.17, 15) is 8.42 Å². The molecule has 0 bridgehead atoms. The zero-order valence-electron chi connectivity index (χ0n) is 9.60. The van der Waals surface area contributed by atoms with Gasteiger partial charge in [0.25, 0.3) is 0 Å². The molecule has 1 unspecified atom stereocenters. The quantitative estimate of drug-likeness (QED) is 0.804. The molecule has 1 aromatic carbocycles. The average molecular weight is 242 g/mol. The minimum atomic E-state index is -3.39. The van der Waals surface area contributed by atoms with Crippen molar-refractivity contribution in [1.82, 2.24) is 4.72 Å². The van der Waals surface area contributed by atoms with Gasteiger partial charge in [0.05, 0.1) is 4.90 Å². The van der Waals surface area contributed by atoms with Crippen LogP contribution in [-0.2, 0) is 10.0 Å². The van der Waals surface area contributed by atoms with E-state index in [0.29, 0.717) is 18.0 Å². The molecule has 3 N–H and O–H groups in total. The lowest BCUT2D eigenvalue weighted by Gasteiger charge is -2.10. The van der Waals surface area contributed by atoms with Crippen LogP contribution in [0.2, 0.25) is 0 Å². The predicted octanol–water partition coefficient (Wildman–Crippen LogP) is 0.868. The fraction of sp³-hybridized carbons (Fsp3) is 0.455. The highest BCUT2D eigenvalue weighted by Crippen LogP contribution is 2.09. The van der Waals surface area contributed by atoms with Crippen molar-refractivity contribution in [2.75, 3.05) is 13.1 Å². The van der Waals surface area contributed by atoms with Crippen molar-refractivity contribution in [1.29, 1.82) is 0 Å². The highest BCUT2D eigenvalue weighted by atomic mass is 32.2.